The topological polar surface area (TPSA) is 166 Å². The quantitative estimate of drug-likeness (QED) is 0.268. The molecule has 1 aliphatic rings. The van der Waals surface area contributed by atoms with Gasteiger partial charge in [-0.1, -0.05) is 12.1 Å². The summed E-state index contributed by atoms with van der Waals surface area (Å²) in [6.45, 7) is 2.04. The summed E-state index contributed by atoms with van der Waals surface area (Å²) in [5, 5.41) is 50.6. The third-order valence-electron chi connectivity index (χ3n) is 4.66. The monoisotopic (exact) mass is 419 g/mol. The van der Waals surface area contributed by atoms with Crippen LogP contribution in [0.25, 0.3) is 0 Å². The van der Waals surface area contributed by atoms with Gasteiger partial charge in [0.15, 0.2) is 23.0 Å². The van der Waals surface area contributed by atoms with Gasteiger partial charge in [-0.3, -0.25) is 0 Å². The van der Waals surface area contributed by atoms with Crippen molar-refractivity contribution in [3.8, 4) is 23.0 Å². The summed E-state index contributed by atoms with van der Waals surface area (Å²) in [5.74, 6) is -6.89. The van der Waals surface area contributed by atoms with E-state index in [-0.39, 0.29) is 35.6 Å². The highest BCUT2D eigenvalue weighted by atomic mass is 16.8. The highest BCUT2D eigenvalue weighted by Gasteiger charge is 2.57. The molecule has 0 fully saturated rings. The molecule has 0 aromatic heterocycles. The zero-order valence-corrected chi connectivity index (χ0v) is 15.9. The van der Waals surface area contributed by atoms with Crippen LogP contribution in [0.2, 0.25) is 0 Å². The normalized spacial score (nSPS) is 16.1. The van der Waals surface area contributed by atoms with Gasteiger partial charge in [0.2, 0.25) is 0 Å². The van der Waals surface area contributed by atoms with Crippen molar-refractivity contribution in [1.82, 2.24) is 5.32 Å². The number of carboxylic acid groups (broad SMARTS) is 2. The predicted octanol–water partition coefficient (Wildman–Crippen LogP) is 0.989. The Balaban J connectivity index is 1.61. The lowest BCUT2D eigenvalue weighted by Crippen LogP contribution is -2.54. The summed E-state index contributed by atoms with van der Waals surface area (Å²) < 4.78 is 10.1. The predicted molar refractivity (Wildman–Crippen MR) is 102 cm³/mol. The first-order chi connectivity index (χ1) is 14.1. The van der Waals surface area contributed by atoms with Gasteiger partial charge in [0.25, 0.3) is 0 Å². The maximum Gasteiger partial charge on any atom is 0.453 e. The van der Waals surface area contributed by atoms with E-state index in [4.69, 9.17) is 9.47 Å². The van der Waals surface area contributed by atoms with Crippen molar-refractivity contribution >= 4 is 11.9 Å². The third-order valence-corrected chi connectivity index (χ3v) is 4.66. The molecule has 2 aromatic rings. The maximum absolute atomic E-state index is 11.3. The largest absolute Gasteiger partial charge is 0.504 e. The molecule has 0 radical (unpaired) electrons. The first-order valence-electron chi connectivity index (χ1n) is 9.03. The number of aliphatic carboxylic acids is 2. The molecule has 1 aliphatic heterocycles. The number of hydrogen-bond donors (Lipinski definition) is 6. The Hall–Kier alpha value is -3.50. The average molecular weight is 419 g/mol. The van der Waals surface area contributed by atoms with E-state index in [1.54, 1.807) is 6.07 Å². The second kappa shape index (κ2) is 8.09. The minimum absolute atomic E-state index is 0.0177. The SMILES string of the molecule is CC(Cc1ccc2c(c1)OC(C(=O)O)(C(=O)O)O2)NCC(O)c1ccc(O)c(O)c1. The van der Waals surface area contributed by atoms with E-state index >= 15 is 0 Å². The summed E-state index contributed by atoms with van der Waals surface area (Å²) in [6, 6.07) is 8.57. The van der Waals surface area contributed by atoms with E-state index in [1.165, 1.54) is 30.3 Å². The molecule has 0 saturated carbocycles. The van der Waals surface area contributed by atoms with Gasteiger partial charge in [0, 0.05) is 12.6 Å². The standard InChI is InChI=1S/C20H21NO9/c1-10(21-9-15(24)12-3-4-13(22)14(23)8-12)6-11-2-5-16-17(7-11)30-20(29-16,18(25)26)19(27)28/h2-5,7-8,10,15,21-24H,6,9H2,1H3,(H,25,26)(H,27,28). The minimum Gasteiger partial charge on any atom is -0.504 e. The number of fused-ring (bicyclic) bond motifs is 1. The molecule has 0 amide bonds. The Morgan fingerprint density at radius 2 is 1.67 bits per heavy atom. The first-order valence-corrected chi connectivity index (χ1v) is 9.03. The fourth-order valence-corrected chi connectivity index (χ4v) is 3.04. The van der Waals surface area contributed by atoms with Gasteiger partial charge in [0.05, 0.1) is 6.10 Å². The van der Waals surface area contributed by atoms with Crippen LogP contribution in [0.5, 0.6) is 23.0 Å². The van der Waals surface area contributed by atoms with E-state index < -0.39 is 23.8 Å². The summed E-state index contributed by atoms with van der Waals surface area (Å²) in [7, 11) is 0. The van der Waals surface area contributed by atoms with Crippen LogP contribution >= 0.6 is 0 Å². The summed E-state index contributed by atoms with van der Waals surface area (Å²) in [4.78, 5) is 22.6. The van der Waals surface area contributed by atoms with Crippen LogP contribution in [-0.2, 0) is 16.0 Å². The summed E-state index contributed by atoms with van der Waals surface area (Å²) >= 11 is 0. The number of carbonyl (C=O) groups is 2. The van der Waals surface area contributed by atoms with E-state index in [0.717, 1.165) is 5.56 Å². The van der Waals surface area contributed by atoms with Gasteiger partial charge in [-0.25, -0.2) is 9.59 Å². The number of phenolic OH excluding ortho intramolecular Hbond substituents is 2. The van der Waals surface area contributed by atoms with Gasteiger partial charge in [0.1, 0.15) is 0 Å². The molecule has 0 spiro atoms. The van der Waals surface area contributed by atoms with Crippen molar-refractivity contribution in [2.75, 3.05) is 6.54 Å². The first kappa shape index (κ1) is 21.2. The molecule has 2 atom stereocenters. The van der Waals surface area contributed by atoms with E-state index in [1.807, 2.05) is 6.92 Å². The van der Waals surface area contributed by atoms with Crippen LogP contribution in [0.15, 0.2) is 36.4 Å². The van der Waals surface area contributed by atoms with Crippen molar-refractivity contribution in [1.29, 1.82) is 0 Å². The van der Waals surface area contributed by atoms with Crippen molar-refractivity contribution in [3.05, 3.63) is 47.5 Å². The molecule has 160 valence electrons. The lowest BCUT2D eigenvalue weighted by molar-refractivity contribution is -0.194. The lowest BCUT2D eigenvalue weighted by Gasteiger charge is -2.18. The van der Waals surface area contributed by atoms with Gasteiger partial charge < -0.3 is 40.3 Å². The van der Waals surface area contributed by atoms with E-state index in [0.29, 0.717) is 12.0 Å². The van der Waals surface area contributed by atoms with Gasteiger partial charge in [-0.2, -0.15) is 0 Å². The minimum atomic E-state index is -2.80. The number of benzene rings is 2. The molecule has 0 aliphatic carbocycles. The van der Waals surface area contributed by atoms with Crippen molar-refractivity contribution in [2.45, 2.75) is 31.3 Å². The second-order valence-corrected chi connectivity index (χ2v) is 6.99. The third kappa shape index (κ3) is 4.09. The lowest BCUT2D eigenvalue weighted by atomic mass is 10.1. The van der Waals surface area contributed by atoms with Crippen molar-refractivity contribution in [3.63, 3.8) is 0 Å². The number of rotatable bonds is 8. The molecule has 2 aromatic carbocycles. The molecule has 2 unspecified atom stereocenters. The van der Waals surface area contributed by atoms with Crippen LogP contribution in [0.3, 0.4) is 0 Å². The Labute approximate surface area is 170 Å². The van der Waals surface area contributed by atoms with Crippen LogP contribution in [-0.4, -0.2) is 55.8 Å². The zero-order chi connectivity index (χ0) is 22.1. The van der Waals surface area contributed by atoms with Crippen molar-refractivity contribution in [2.24, 2.45) is 0 Å². The molecule has 1 heterocycles. The maximum atomic E-state index is 11.3. The molecular weight excluding hydrogens is 398 g/mol. The average Bonchev–Trinajstić information content (AvgIpc) is 3.09. The molecule has 0 bridgehead atoms. The van der Waals surface area contributed by atoms with E-state index in [2.05, 4.69) is 5.32 Å². The molecule has 10 nitrogen and oxygen atoms in total. The molecule has 6 N–H and O–H groups in total. The molecule has 10 heteroatoms. The molecule has 3 rings (SSSR count). The van der Waals surface area contributed by atoms with Crippen molar-refractivity contribution < 1.29 is 44.6 Å². The van der Waals surface area contributed by atoms with Crippen LogP contribution in [0.4, 0.5) is 0 Å². The number of aliphatic hydroxyl groups is 1. The number of carboxylic acids is 2. The Morgan fingerprint density at radius 1 is 1.00 bits per heavy atom. The second-order valence-electron chi connectivity index (χ2n) is 6.99. The number of ether oxygens (including phenoxy) is 2. The number of nitrogens with one attached hydrogen (secondary N) is 1. The fourth-order valence-electron chi connectivity index (χ4n) is 3.04. The van der Waals surface area contributed by atoms with Crippen LogP contribution in [0, 0.1) is 0 Å². The highest BCUT2D eigenvalue weighted by molar-refractivity contribution is 6.01. The molecule has 0 saturated heterocycles. The molecular formula is C20H21NO9. The zero-order valence-electron chi connectivity index (χ0n) is 15.9. The number of phenols is 2. The smallest absolute Gasteiger partial charge is 0.453 e. The molecule has 30 heavy (non-hydrogen) atoms. The Bertz CT molecular complexity index is 961. The summed E-state index contributed by atoms with van der Waals surface area (Å²) in [5.41, 5.74) is 1.17. The summed E-state index contributed by atoms with van der Waals surface area (Å²) in [6.07, 6.45) is -0.445. The van der Waals surface area contributed by atoms with Gasteiger partial charge in [-0.15, -0.1) is 0 Å². The van der Waals surface area contributed by atoms with Crippen LogP contribution < -0.4 is 14.8 Å². The Morgan fingerprint density at radius 3 is 2.30 bits per heavy atom. The fraction of sp³-hybridized carbons (Fsp3) is 0.300. The number of hydrogen-bond acceptors (Lipinski definition) is 8. The van der Waals surface area contributed by atoms with E-state index in [9.17, 15) is 35.1 Å². The number of aromatic hydroxyl groups is 2. The highest BCUT2D eigenvalue weighted by Crippen LogP contribution is 2.40. The number of aliphatic hydroxyl groups excluding tert-OH is 1. The van der Waals surface area contributed by atoms with Crippen LogP contribution in [0.1, 0.15) is 24.2 Å². The van der Waals surface area contributed by atoms with Gasteiger partial charge in [-0.05, 0) is 48.7 Å². The Kier molecular flexibility index (Phi) is 5.72. The van der Waals surface area contributed by atoms with Gasteiger partial charge >= 0.3 is 17.7 Å².